The molecule has 0 saturated heterocycles. The Morgan fingerprint density at radius 1 is 1.47 bits per heavy atom. The summed E-state index contributed by atoms with van der Waals surface area (Å²) in [6.45, 7) is 0. The van der Waals surface area contributed by atoms with Crippen LogP contribution in [-0.2, 0) is 0 Å². The maximum absolute atomic E-state index is 6.00. The molecule has 17 heavy (non-hydrogen) atoms. The first-order valence-corrected chi connectivity index (χ1v) is 6.25. The van der Waals surface area contributed by atoms with E-state index in [2.05, 4.69) is 14.9 Å². The van der Waals surface area contributed by atoms with E-state index in [1.807, 2.05) is 30.6 Å². The van der Waals surface area contributed by atoms with E-state index in [0.29, 0.717) is 10.8 Å². The molecule has 0 aliphatic rings. The first-order chi connectivity index (χ1) is 8.26. The van der Waals surface area contributed by atoms with Crippen LogP contribution in [0.5, 0.6) is 5.75 Å². The third-order valence-corrected chi connectivity index (χ3v) is 3.30. The summed E-state index contributed by atoms with van der Waals surface area (Å²) in [6, 6.07) is 5.67. The zero-order valence-corrected chi connectivity index (χ0v) is 11.0. The van der Waals surface area contributed by atoms with Crippen molar-refractivity contribution in [3.05, 3.63) is 39.9 Å². The van der Waals surface area contributed by atoms with Crippen molar-refractivity contribution in [2.45, 2.75) is 6.04 Å². The van der Waals surface area contributed by atoms with E-state index in [1.54, 1.807) is 7.11 Å². The second kappa shape index (κ2) is 5.44. The predicted octanol–water partition coefficient (Wildman–Crippen LogP) is 2.51. The maximum atomic E-state index is 6.00. The lowest BCUT2D eigenvalue weighted by Crippen LogP contribution is -2.18. The van der Waals surface area contributed by atoms with E-state index >= 15 is 0 Å². The number of halogens is 1. The van der Waals surface area contributed by atoms with Crippen molar-refractivity contribution >= 4 is 23.1 Å². The van der Waals surface area contributed by atoms with Crippen molar-refractivity contribution in [3.63, 3.8) is 0 Å². The van der Waals surface area contributed by atoms with Gasteiger partial charge in [-0.2, -0.15) is 0 Å². The molecule has 0 spiro atoms. The lowest BCUT2D eigenvalue weighted by Gasteiger charge is -2.15. The Hall–Kier alpha value is -1.17. The van der Waals surface area contributed by atoms with E-state index in [-0.39, 0.29) is 6.04 Å². The van der Waals surface area contributed by atoms with E-state index in [9.17, 15) is 0 Å². The van der Waals surface area contributed by atoms with Crippen LogP contribution in [0, 0.1) is 0 Å². The van der Waals surface area contributed by atoms with E-state index < -0.39 is 0 Å². The lowest BCUT2D eigenvalue weighted by atomic mass is 10.0. The topological polar surface area (TPSA) is 47.0 Å². The van der Waals surface area contributed by atoms with Gasteiger partial charge in [-0.1, -0.05) is 22.2 Å². The van der Waals surface area contributed by atoms with Crippen molar-refractivity contribution in [2.75, 3.05) is 14.2 Å². The molecule has 1 aromatic heterocycles. The number of methoxy groups -OCH3 is 1. The van der Waals surface area contributed by atoms with Crippen molar-refractivity contribution in [1.29, 1.82) is 0 Å². The van der Waals surface area contributed by atoms with Crippen LogP contribution < -0.4 is 10.1 Å². The number of hydrogen-bond donors (Lipinski definition) is 1. The summed E-state index contributed by atoms with van der Waals surface area (Å²) in [5, 5.41) is 9.79. The normalized spacial score (nSPS) is 12.4. The Balaban J connectivity index is 2.38. The Bertz CT molecular complexity index is 489. The van der Waals surface area contributed by atoms with Crippen LogP contribution in [0.15, 0.2) is 23.6 Å². The average molecular weight is 270 g/mol. The second-order valence-corrected chi connectivity index (χ2v) is 4.46. The number of benzene rings is 1. The summed E-state index contributed by atoms with van der Waals surface area (Å²) in [7, 11) is 3.48. The van der Waals surface area contributed by atoms with E-state index in [0.717, 1.165) is 11.3 Å². The zero-order chi connectivity index (χ0) is 12.3. The Morgan fingerprint density at radius 2 is 2.29 bits per heavy atom. The summed E-state index contributed by atoms with van der Waals surface area (Å²) >= 11 is 7.33. The van der Waals surface area contributed by atoms with Gasteiger partial charge in [0.1, 0.15) is 5.75 Å². The van der Waals surface area contributed by atoms with Crippen LogP contribution in [0.25, 0.3) is 0 Å². The van der Waals surface area contributed by atoms with Crippen LogP contribution >= 0.6 is 23.1 Å². The summed E-state index contributed by atoms with van der Waals surface area (Å²) in [4.78, 5) is 0. The van der Waals surface area contributed by atoms with Gasteiger partial charge in [-0.25, -0.2) is 0 Å². The summed E-state index contributed by atoms with van der Waals surface area (Å²) in [5.74, 6) is 0.660. The van der Waals surface area contributed by atoms with Crippen molar-refractivity contribution in [2.24, 2.45) is 0 Å². The number of nitrogens with zero attached hydrogens (tertiary/aromatic N) is 2. The molecule has 0 aliphatic carbocycles. The van der Waals surface area contributed by atoms with Crippen LogP contribution in [0.1, 0.15) is 17.3 Å². The fraction of sp³-hybridized carbons (Fsp3) is 0.273. The molecule has 1 atom stereocenters. The molecule has 0 aliphatic heterocycles. The highest BCUT2D eigenvalue weighted by molar-refractivity contribution is 7.03. The second-order valence-electron chi connectivity index (χ2n) is 3.45. The minimum absolute atomic E-state index is 0.0000772. The molecule has 0 fully saturated rings. The third kappa shape index (κ3) is 2.57. The molecule has 1 aromatic carbocycles. The first kappa shape index (κ1) is 12.3. The molecule has 1 N–H and O–H groups in total. The summed E-state index contributed by atoms with van der Waals surface area (Å²) < 4.78 is 9.08. The number of hydrogen-bond acceptors (Lipinski definition) is 5. The standard InChI is InChI=1S/C11H12ClN3OS/c1-13-11(9-6-17-15-14-9)7-3-4-8(12)10(5-7)16-2/h3-6,11,13H,1-2H3. The molecule has 2 aromatic rings. The minimum atomic E-state index is -0.0000772. The van der Waals surface area contributed by atoms with Crippen LogP contribution in [0.3, 0.4) is 0 Å². The molecule has 0 bridgehead atoms. The molecule has 90 valence electrons. The third-order valence-electron chi connectivity index (χ3n) is 2.47. The number of ether oxygens (including phenoxy) is 1. The lowest BCUT2D eigenvalue weighted by molar-refractivity contribution is 0.414. The summed E-state index contributed by atoms with van der Waals surface area (Å²) in [6.07, 6.45) is 0. The number of nitrogens with one attached hydrogen (secondary N) is 1. The quantitative estimate of drug-likeness (QED) is 0.927. The van der Waals surface area contributed by atoms with E-state index in [4.69, 9.17) is 16.3 Å². The molecule has 2 rings (SSSR count). The van der Waals surface area contributed by atoms with Gasteiger partial charge in [0.25, 0.3) is 0 Å². The highest BCUT2D eigenvalue weighted by Crippen LogP contribution is 2.29. The molecule has 6 heteroatoms. The molecular formula is C11H12ClN3OS. The van der Waals surface area contributed by atoms with Gasteiger partial charge in [-0.3, -0.25) is 0 Å². The van der Waals surface area contributed by atoms with Gasteiger partial charge in [0.2, 0.25) is 0 Å². The smallest absolute Gasteiger partial charge is 0.137 e. The van der Waals surface area contributed by atoms with Gasteiger partial charge in [-0.05, 0) is 36.3 Å². The molecule has 0 radical (unpaired) electrons. The van der Waals surface area contributed by atoms with Gasteiger partial charge in [-0.15, -0.1) is 5.10 Å². The Labute approximate surface area is 109 Å². The van der Waals surface area contributed by atoms with Crippen LogP contribution in [0.4, 0.5) is 0 Å². The molecule has 1 heterocycles. The van der Waals surface area contributed by atoms with Gasteiger partial charge in [0.15, 0.2) is 0 Å². The molecule has 0 saturated carbocycles. The molecule has 0 amide bonds. The fourth-order valence-corrected chi connectivity index (χ4v) is 2.31. The Morgan fingerprint density at radius 3 is 2.88 bits per heavy atom. The highest BCUT2D eigenvalue weighted by Gasteiger charge is 2.16. The first-order valence-electron chi connectivity index (χ1n) is 5.04. The predicted molar refractivity (Wildman–Crippen MR) is 68.8 cm³/mol. The summed E-state index contributed by atoms with van der Waals surface area (Å²) in [5.41, 5.74) is 1.93. The van der Waals surface area contributed by atoms with Gasteiger partial charge in [0, 0.05) is 5.38 Å². The molecule has 1 unspecified atom stereocenters. The highest BCUT2D eigenvalue weighted by atomic mass is 35.5. The Kier molecular flexibility index (Phi) is 3.93. The van der Waals surface area contributed by atoms with Gasteiger partial charge >= 0.3 is 0 Å². The van der Waals surface area contributed by atoms with Crippen LogP contribution in [0.2, 0.25) is 5.02 Å². The maximum Gasteiger partial charge on any atom is 0.137 e. The fourth-order valence-electron chi connectivity index (χ4n) is 1.64. The van der Waals surface area contributed by atoms with Gasteiger partial charge < -0.3 is 10.1 Å². The average Bonchev–Trinajstić information content (AvgIpc) is 2.86. The number of aromatic nitrogens is 2. The van der Waals surface area contributed by atoms with Gasteiger partial charge in [0.05, 0.1) is 23.9 Å². The molecule has 4 nitrogen and oxygen atoms in total. The van der Waals surface area contributed by atoms with E-state index in [1.165, 1.54) is 11.5 Å². The SMILES string of the molecule is CNC(c1ccc(Cl)c(OC)c1)c1csnn1. The minimum Gasteiger partial charge on any atom is -0.495 e. The number of rotatable bonds is 4. The van der Waals surface area contributed by atoms with Crippen LogP contribution in [-0.4, -0.2) is 23.7 Å². The largest absolute Gasteiger partial charge is 0.495 e. The van der Waals surface area contributed by atoms with Crippen molar-refractivity contribution < 1.29 is 4.74 Å². The van der Waals surface area contributed by atoms with Crippen molar-refractivity contribution in [3.8, 4) is 5.75 Å². The molecular weight excluding hydrogens is 258 g/mol. The zero-order valence-electron chi connectivity index (χ0n) is 9.48. The monoisotopic (exact) mass is 269 g/mol. The van der Waals surface area contributed by atoms with Crippen molar-refractivity contribution in [1.82, 2.24) is 14.9 Å².